The van der Waals surface area contributed by atoms with E-state index in [0.717, 1.165) is 17.9 Å². The summed E-state index contributed by atoms with van der Waals surface area (Å²) in [7, 11) is 1.51. The maximum Gasteiger partial charge on any atom is 0.335 e. The first-order valence-electron chi connectivity index (χ1n) is 39.4. The fourth-order valence-electron chi connectivity index (χ4n) is 20.8. The molecule has 0 amide bonds. The van der Waals surface area contributed by atoms with Gasteiger partial charge in [-0.25, -0.2) is 9.59 Å². The number of carbonyl (C=O) groups excluding carboxylic acids is 3. The van der Waals surface area contributed by atoms with Gasteiger partial charge in [-0.1, -0.05) is 65.3 Å². The Bertz CT molecular complexity index is 3590. The lowest BCUT2D eigenvalue weighted by molar-refractivity contribution is -0.386. The number of aliphatic hydroxyl groups excluding tert-OH is 15. The number of aliphatic carboxylic acids is 1. The number of esters is 2. The van der Waals surface area contributed by atoms with E-state index < -0.39 is 280 Å². The Morgan fingerprint density at radius 1 is 0.482 bits per heavy atom. The average Bonchev–Trinajstić information content (AvgIpc) is 0.676. The van der Waals surface area contributed by atoms with Crippen molar-refractivity contribution in [1.82, 2.24) is 0 Å². The van der Waals surface area contributed by atoms with Crippen molar-refractivity contribution in [3.8, 4) is 5.75 Å². The monoisotopic (exact) mass is 1630 g/mol. The molecule has 40 atom stereocenters. The van der Waals surface area contributed by atoms with E-state index in [2.05, 4.69) is 40.7 Å². The van der Waals surface area contributed by atoms with Crippen molar-refractivity contribution < 1.29 is 177 Å². The molecule has 11 fully saturated rings. The Morgan fingerprint density at radius 2 is 1.01 bits per heavy atom. The Kier molecular flexibility index (Phi) is 25.9. The number of allylic oxidation sites excluding steroid dienone is 2. The fraction of sp³-hybridized carbons (Fsp3) is 0.821. The lowest BCUT2D eigenvalue weighted by Crippen LogP contribution is -2.68. The third-order valence-electron chi connectivity index (χ3n) is 27.8. The zero-order chi connectivity index (χ0) is 82.5. The van der Waals surface area contributed by atoms with Gasteiger partial charge < -0.3 is 162 Å². The summed E-state index contributed by atoms with van der Waals surface area (Å²) in [5.74, 6) is -3.69. The van der Waals surface area contributed by atoms with Crippen LogP contribution in [0.1, 0.15) is 125 Å². The molecule has 0 aromatic heterocycles. The summed E-state index contributed by atoms with van der Waals surface area (Å²) in [5.41, 5.74) is -2.96. The second-order valence-electron chi connectivity index (χ2n) is 35.1. The van der Waals surface area contributed by atoms with Crippen LogP contribution in [0.2, 0.25) is 0 Å². The molecule has 7 saturated heterocycles. The van der Waals surface area contributed by atoms with Crippen LogP contribution >= 0.6 is 0 Å². The van der Waals surface area contributed by atoms with Gasteiger partial charge in [-0.05, 0) is 141 Å². The number of hydrogen-bond donors (Lipinski definition) is 16. The molecular weight excluding hydrogens is 1510 g/mol. The van der Waals surface area contributed by atoms with Crippen LogP contribution in [0.25, 0.3) is 6.08 Å². The number of rotatable bonds is 20. The standard InChI is InChI=1S/C78H114O36/c1-32-57(108-68-56(95)59(41(83)30-103-68)109-65-50(89)46(85)38(80)27-100-65)49(88)53(92)69(104-32)112-62-54(93)58(107-45(84)17-12-34-10-13-35(99-9)14-11-34)33(2)105-70(62)114-72(98)78-24-22-73(3,4)26-37(78)36-15-16-43-74(5)20-19-44(75(6,31-79)42(74)18-21-77(43,8)76(36,7)23-25-78)106-71-63(113-67-52(91)48(87)40(82)29-102-67)60(55(94)61(111-71)64(96)97)110-66-51(90)47(86)39(81)28-101-66/h10-15,17,31-33,37-44,46-63,65-71,80-83,85-95H,16,18-30H2,1-9H3,(H,96,97)/b17-12+/t32-,33-,37-,38+,39+,40-,41+,42+,43+,44-,46-,47-,48-,49-,50+,51+,52+,53+,54+,55-,56+,57-,58+,59-,60-,61-,62-,63+,65-,66-,67-,68-,69-,70+,71+,74-,75-,76+,77+,78-/m0/s1. The summed E-state index contributed by atoms with van der Waals surface area (Å²) in [4.78, 5) is 57.1. The molecule has 642 valence electrons. The van der Waals surface area contributed by atoms with E-state index in [4.69, 9.17) is 75.8 Å². The molecule has 12 aliphatic rings. The highest BCUT2D eigenvalue weighted by atomic mass is 16.8. The molecular formula is C78H114O36. The molecule has 0 radical (unpaired) electrons. The minimum absolute atomic E-state index is 0.112. The highest BCUT2D eigenvalue weighted by Gasteiger charge is 2.72. The Balaban J connectivity index is 0.752. The van der Waals surface area contributed by atoms with Crippen LogP contribution in [-0.2, 0) is 90.2 Å². The Hall–Kier alpha value is -4.54. The second kappa shape index (κ2) is 33.8. The highest BCUT2D eigenvalue weighted by Crippen LogP contribution is 2.76. The molecule has 0 spiro atoms. The van der Waals surface area contributed by atoms with E-state index in [1.54, 1.807) is 31.2 Å². The van der Waals surface area contributed by atoms with Gasteiger partial charge in [0.2, 0.25) is 6.29 Å². The highest BCUT2D eigenvalue weighted by molar-refractivity contribution is 5.87. The maximum atomic E-state index is 16.1. The molecule has 0 unspecified atom stereocenters. The zero-order valence-electron chi connectivity index (χ0n) is 65.0. The zero-order valence-corrected chi connectivity index (χ0v) is 65.0. The molecule has 16 N–H and O–H groups in total. The van der Waals surface area contributed by atoms with E-state index in [1.807, 2.05) is 0 Å². The quantitative estimate of drug-likeness (QED) is 0.0213. The number of fused-ring (bicyclic) bond motifs is 7. The van der Waals surface area contributed by atoms with Crippen molar-refractivity contribution in [2.24, 2.45) is 50.2 Å². The first-order valence-corrected chi connectivity index (χ1v) is 39.4. The van der Waals surface area contributed by atoms with Gasteiger partial charge in [-0.3, -0.25) is 4.79 Å². The van der Waals surface area contributed by atoms with Crippen LogP contribution in [0.15, 0.2) is 42.0 Å². The van der Waals surface area contributed by atoms with Crippen LogP contribution in [0.3, 0.4) is 0 Å². The van der Waals surface area contributed by atoms with E-state index in [1.165, 1.54) is 27.0 Å². The van der Waals surface area contributed by atoms with Gasteiger partial charge in [-0.2, -0.15) is 0 Å². The number of methoxy groups -OCH3 is 1. The lowest BCUT2D eigenvalue weighted by atomic mass is 9.33. The summed E-state index contributed by atoms with van der Waals surface area (Å²) in [5, 5.41) is 176. The molecule has 4 saturated carbocycles. The van der Waals surface area contributed by atoms with Crippen molar-refractivity contribution in [2.75, 3.05) is 33.5 Å². The minimum Gasteiger partial charge on any atom is -0.497 e. The van der Waals surface area contributed by atoms with Crippen molar-refractivity contribution in [3.63, 3.8) is 0 Å². The fourth-order valence-corrected chi connectivity index (χ4v) is 20.8. The molecule has 36 heteroatoms. The molecule has 1 aromatic carbocycles. The molecule has 5 aliphatic carbocycles. The normalized spacial score (nSPS) is 50.3. The van der Waals surface area contributed by atoms with Gasteiger partial charge >= 0.3 is 17.9 Å². The SMILES string of the molecule is COc1ccc(/C=C/C(=O)O[C@H]2[C@@H](O)[C@H](O[C@@H]3O[C@@H](C)[C@H](O[C@@H]4OC[C@@H](O)[C@H](O[C@@H]5OC[C@@H](O)[C@H](O)[C@H]5O)[C@H]4O)[C@@H](O)[C@H]3O)[C@@H](OC(=O)[C@]34CCC(C)(C)C[C@H]3C3=CC[C@@H]5[C@@]6(C)CC[C@H](O[C@@H]7O[C@H](C(=O)O)[C@@H](O)[C@H](O[C@@H]8OC[C@@H](O)[C@H](O)[C@H]8O)[C@H]7O[C@@H]7OC[C@H](O)[C@H](O)[C@H]7O)[C@@](C)(C=O)[C@@H]6CC[C@@]5(C)[C@]3(C)CC4)O[C@H]2C)cc1. The van der Waals surface area contributed by atoms with Gasteiger partial charge in [0.15, 0.2) is 56.1 Å². The number of benzene rings is 1. The number of carbonyl (C=O) groups is 4. The Labute approximate surface area is 657 Å². The van der Waals surface area contributed by atoms with Gasteiger partial charge in [0.25, 0.3) is 0 Å². The van der Waals surface area contributed by atoms with Gasteiger partial charge in [0.05, 0.1) is 62.7 Å². The number of carboxylic acids is 1. The molecule has 7 aliphatic heterocycles. The van der Waals surface area contributed by atoms with Gasteiger partial charge in [-0.15, -0.1) is 0 Å². The predicted molar refractivity (Wildman–Crippen MR) is 381 cm³/mol. The number of carboxylic acid groups (broad SMARTS) is 1. The van der Waals surface area contributed by atoms with Gasteiger partial charge in [0, 0.05) is 6.08 Å². The van der Waals surface area contributed by atoms with Crippen LogP contribution < -0.4 is 4.74 Å². The summed E-state index contributed by atoms with van der Waals surface area (Å²) in [6.45, 7) is 13.6. The summed E-state index contributed by atoms with van der Waals surface area (Å²) < 4.78 is 96.0. The van der Waals surface area contributed by atoms with Crippen LogP contribution in [0.5, 0.6) is 5.75 Å². The van der Waals surface area contributed by atoms with Crippen molar-refractivity contribution in [1.29, 1.82) is 0 Å². The molecule has 114 heavy (non-hydrogen) atoms. The second-order valence-corrected chi connectivity index (χ2v) is 35.1. The van der Waals surface area contributed by atoms with E-state index in [9.17, 15) is 96.1 Å². The van der Waals surface area contributed by atoms with Crippen molar-refractivity contribution in [3.05, 3.63) is 47.6 Å². The first-order chi connectivity index (χ1) is 53.7. The van der Waals surface area contributed by atoms with E-state index in [0.29, 0.717) is 69.1 Å². The molecule has 7 heterocycles. The Morgan fingerprint density at radius 3 is 1.60 bits per heavy atom. The van der Waals surface area contributed by atoms with E-state index >= 15 is 4.79 Å². The average molecular weight is 1630 g/mol. The third-order valence-corrected chi connectivity index (χ3v) is 27.8. The smallest absolute Gasteiger partial charge is 0.335 e. The number of aldehydes is 1. The summed E-state index contributed by atoms with van der Waals surface area (Å²) in [6.07, 6.45) is -45.5. The molecule has 36 nitrogen and oxygen atoms in total. The molecule has 0 bridgehead atoms. The largest absolute Gasteiger partial charge is 0.497 e. The maximum absolute atomic E-state index is 16.1. The van der Waals surface area contributed by atoms with Crippen molar-refractivity contribution >= 4 is 30.3 Å². The summed E-state index contributed by atoms with van der Waals surface area (Å²) in [6, 6.07) is 6.77. The van der Waals surface area contributed by atoms with Crippen LogP contribution in [0, 0.1) is 50.2 Å². The number of aliphatic hydroxyl groups is 15. The van der Waals surface area contributed by atoms with Crippen LogP contribution in [0.4, 0.5) is 0 Å². The molecule has 13 rings (SSSR count). The lowest BCUT2D eigenvalue weighted by Gasteiger charge is -2.71. The number of hydrogen-bond acceptors (Lipinski definition) is 35. The van der Waals surface area contributed by atoms with Crippen molar-refractivity contribution in [2.45, 2.75) is 316 Å². The minimum atomic E-state index is -2.16. The number of ether oxygens (including phenoxy) is 16. The summed E-state index contributed by atoms with van der Waals surface area (Å²) >= 11 is 0. The van der Waals surface area contributed by atoms with Gasteiger partial charge in [0.1, 0.15) is 128 Å². The van der Waals surface area contributed by atoms with E-state index in [-0.39, 0.29) is 17.8 Å². The van der Waals surface area contributed by atoms with Crippen LogP contribution in [-0.4, -0.2) is 336 Å². The topological polar surface area (TPSA) is 540 Å². The third kappa shape index (κ3) is 15.9. The molecule has 1 aromatic rings. The first kappa shape index (κ1) is 87.3. The predicted octanol–water partition coefficient (Wildman–Crippen LogP) is -2.41.